The first-order chi connectivity index (χ1) is 19.4. The molecule has 5 heterocycles. The maximum Gasteiger partial charge on any atom is 0.259 e. The molecule has 1 fully saturated rings. The second-order valence-corrected chi connectivity index (χ2v) is 11.2. The van der Waals surface area contributed by atoms with Gasteiger partial charge in [0.05, 0.1) is 11.1 Å². The van der Waals surface area contributed by atoms with Crippen molar-refractivity contribution < 1.29 is 18.4 Å². The smallest absolute Gasteiger partial charge is 0.259 e. The van der Waals surface area contributed by atoms with Gasteiger partial charge < -0.3 is 19.5 Å². The van der Waals surface area contributed by atoms with E-state index in [9.17, 15) is 9.18 Å². The van der Waals surface area contributed by atoms with Crippen LogP contribution in [0.3, 0.4) is 0 Å². The Hall–Kier alpha value is -4.10. The van der Waals surface area contributed by atoms with Gasteiger partial charge in [0.2, 0.25) is 11.0 Å². The van der Waals surface area contributed by atoms with Crippen LogP contribution in [0, 0.1) is 12.7 Å². The van der Waals surface area contributed by atoms with Crippen molar-refractivity contribution in [3.05, 3.63) is 66.1 Å². The molecule has 1 aliphatic heterocycles. The van der Waals surface area contributed by atoms with Crippen molar-refractivity contribution in [1.82, 2.24) is 29.4 Å². The lowest BCUT2D eigenvalue weighted by Crippen LogP contribution is -2.36. The van der Waals surface area contributed by atoms with Crippen molar-refractivity contribution in [3.63, 3.8) is 0 Å². The molecule has 1 amide bonds. The van der Waals surface area contributed by atoms with Crippen LogP contribution in [-0.4, -0.2) is 48.4 Å². The van der Waals surface area contributed by atoms with Gasteiger partial charge in [-0.3, -0.25) is 4.79 Å². The van der Waals surface area contributed by atoms with Crippen LogP contribution in [0.2, 0.25) is 0 Å². The average molecular weight is 578 g/mol. The van der Waals surface area contributed by atoms with Crippen LogP contribution in [0.25, 0.3) is 11.1 Å². The number of piperidine rings is 1. The van der Waals surface area contributed by atoms with Gasteiger partial charge in [0.1, 0.15) is 17.4 Å². The molecule has 4 aromatic heterocycles. The number of pyridine rings is 2. The highest BCUT2D eigenvalue weighted by molar-refractivity contribution is 7.99. The molecule has 0 aliphatic carbocycles. The number of amides is 1. The Kier molecular flexibility index (Phi) is 7.30. The second kappa shape index (κ2) is 11.2. The van der Waals surface area contributed by atoms with Gasteiger partial charge in [-0.2, -0.15) is 4.37 Å². The molecule has 1 N–H and O–H groups in total. The van der Waals surface area contributed by atoms with Gasteiger partial charge in [-0.05, 0) is 50.1 Å². The van der Waals surface area contributed by atoms with E-state index in [-0.39, 0.29) is 17.6 Å². The fourth-order valence-corrected chi connectivity index (χ4v) is 6.12. The Morgan fingerprint density at radius 3 is 2.77 bits per heavy atom. The maximum atomic E-state index is 13.5. The van der Waals surface area contributed by atoms with Crippen LogP contribution in [-0.2, 0) is 4.79 Å². The number of halogens is 1. The van der Waals surface area contributed by atoms with Gasteiger partial charge in [0.25, 0.3) is 5.71 Å². The molecule has 1 aromatic carbocycles. The molecule has 13 heteroatoms. The molecule has 0 radical (unpaired) electrons. The van der Waals surface area contributed by atoms with Crippen LogP contribution in [0.1, 0.15) is 37.2 Å². The van der Waals surface area contributed by atoms with Crippen LogP contribution in [0.5, 0.6) is 11.5 Å². The number of ether oxygens (including phenoxy) is 1. The number of likely N-dealkylation sites (tertiary alicyclic amines) is 1. The lowest BCUT2D eigenvalue weighted by molar-refractivity contribution is -0.129. The summed E-state index contributed by atoms with van der Waals surface area (Å²) in [5.74, 6) is 2.05. The van der Waals surface area contributed by atoms with E-state index in [1.54, 1.807) is 31.5 Å². The Morgan fingerprint density at radius 2 is 2.00 bits per heavy atom. The molecular weight excluding hydrogens is 553 g/mol. The quantitative estimate of drug-likeness (QED) is 0.235. The molecular formula is C27H24FN7O3S2. The molecule has 5 aromatic rings. The third kappa shape index (κ3) is 5.61. The first-order valence-electron chi connectivity index (χ1n) is 12.6. The van der Waals surface area contributed by atoms with Crippen molar-refractivity contribution in [2.24, 2.45) is 0 Å². The number of nitrogens with one attached hydrogen (secondary N) is 1. The van der Waals surface area contributed by atoms with E-state index < -0.39 is 0 Å². The van der Waals surface area contributed by atoms with Crippen LogP contribution < -0.4 is 10.1 Å². The Morgan fingerprint density at radius 1 is 1.20 bits per heavy atom. The highest BCUT2D eigenvalue weighted by atomic mass is 32.2. The predicted octanol–water partition coefficient (Wildman–Crippen LogP) is 6.33. The Balaban J connectivity index is 1.26. The monoisotopic (exact) mass is 577 g/mol. The summed E-state index contributed by atoms with van der Waals surface area (Å²) in [5, 5.41) is 8.69. The Bertz CT molecular complexity index is 1670. The molecule has 1 saturated heterocycles. The van der Waals surface area contributed by atoms with Crippen molar-refractivity contribution in [1.29, 1.82) is 0 Å². The lowest BCUT2D eigenvalue weighted by Gasteiger charge is -2.29. The van der Waals surface area contributed by atoms with E-state index in [1.807, 2.05) is 24.0 Å². The number of aromatic nitrogens is 5. The van der Waals surface area contributed by atoms with E-state index in [1.165, 1.54) is 35.4 Å². The minimum absolute atomic E-state index is 0.0957. The van der Waals surface area contributed by atoms with E-state index in [4.69, 9.17) is 14.2 Å². The molecule has 10 nitrogen and oxygen atoms in total. The first-order valence-corrected chi connectivity index (χ1v) is 14.2. The number of rotatable bonds is 7. The number of hydrogen-bond acceptors (Lipinski definition) is 11. The molecule has 0 bridgehead atoms. The number of benzene rings is 1. The number of hydrogen-bond donors (Lipinski definition) is 1. The van der Waals surface area contributed by atoms with E-state index in [0.717, 1.165) is 39.5 Å². The SMILES string of the molecule is CC(=O)N1CCC(c2nsc(Nc3ncc(Sc4ccnc5onc(C)c45)cc3Oc3ccc(F)cc3)n2)CC1. The number of carbonyl (C=O) groups excluding carboxylic acids is 1. The maximum absolute atomic E-state index is 13.5. The lowest BCUT2D eigenvalue weighted by atomic mass is 9.96. The second-order valence-electron chi connectivity index (χ2n) is 9.30. The predicted molar refractivity (Wildman–Crippen MR) is 149 cm³/mol. The Labute approximate surface area is 237 Å². The molecule has 0 saturated carbocycles. The highest BCUT2D eigenvalue weighted by Gasteiger charge is 2.25. The summed E-state index contributed by atoms with van der Waals surface area (Å²) in [4.78, 5) is 28.8. The zero-order valence-corrected chi connectivity index (χ0v) is 23.3. The van der Waals surface area contributed by atoms with Crippen LogP contribution in [0.15, 0.2) is 63.1 Å². The molecule has 0 atom stereocenters. The van der Waals surface area contributed by atoms with Crippen molar-refractivity contribution >= 4 is 51.3 Å². The minimum atomic E-state index is -0.352. The number of nitrogens with zero attached hydrogens (tertiary/aromatic N) is 6. The topological polar surface area (TPSA) is 119 Å². The number of anilines is 2. The summed E-state index contributed by atoms with van der Waals surface area (Å²) in [6.45, 7) is 4.88. The largest absolute Gasteiger partial charge is 0.453 e. The molecule has 0 spiro atoms. The zero-order valence-electron chi connectivity index (χ0n) is 21.6. The first kappa shape index (κ1) is 26.1. The molecule has 0 unspecified atom stereocenters. The van der Waals surface area contributed by atoms with Gasteiger partial charge in [0, 0.05) is 65.7 Å². The van der Waals surface area contributed by atoms with Gasteiger partial charge >= 0.3 is 0 Å². The van der Waals surface area contributed by atoms with Crippen molar-refractivity contribution in [2.75, 3.05) is 18.4 Å². The zero-order chi connectivity index (χ0) is 27.6. The van der Waals surface area contributed by atoms with E-state index in [0.29, 0.717) is 41.3 Å². The number of aryl methyl sites for hydroxylation is 1. The summed E-state index contributed by atoms with van der Waals surface area (Å²) in [5.41, 5.74) is 1.22. The van der Waals surface area contributed by atoms with E-state index >= 15 is 0 Å². The van der Waals surface area contributed by atoms with Crippen LogP contribution >= 0.6 is 23.3 Å². The summed E-state index contributed by atoms with van der Waals surface area (Å²) >= 11 is 2.72. The fraction of sp³-hybridized carbons (Fsp3) is 0.259. The molecule has 1 aliphatic rings. The molecule has 204 valence electrons. The van der Waals surface area contributed by atoms with Crippen molar-refractivity contribution in [3.8, 4) is 11.5 Å². The van der Waals surface area contributed by atoms with Gasteiger partial charge in [-0.1, -0.05) is 16.9 Å². The van der Waals surface area contributed by atoms with Gasteiger partial charge in [-0.15, -0.1) is 0 Å². The third-order valence-electron chi connectivity index (χ3n) is 6.58. The van der Waals surface area contributed by atoms with Crippen LogP contribution in [0.4, 0.5) is 15.3 Å². The number of fused-ring (bicyclic) bond motifs is 1. The standard InChI is InChI=1S/C27H24FN7O3S2/c1-15-23-22(7-10-29-26(23)38-33-15)39-20-13-21(37-19-5-3-18(28)4-6-19)25(30-14-20)32-27-31-24(34-40-27)17-8-11-35(12-9-17)16(2)36/h3-7,10,13-14,17H,8-9,11-12H2,1-2H3,(H,30,31,32,34). The van der Waals surface area contributed by atoms with Crippen molar-refractivity contribution in [2.45, 2.75) is 42.4 Å². The van der Waals surface area contributed by atoms with E-state index in [2.05, 4.69) is 24.8 Å². The highest BCUT2D eigenvalue weighted by Crippen LogP contribution is 2.39. The van der Waals surface area contributed by atoms with Gasteiger partial charge in [-0.25, -0.2) is 19.3 Å². The average Bonchev–Trinajstić information content (AvgIpc) is 3.59. The van der Waals surface area contributed by atoms with Gasteiger partial charge in [0.15, 0.2) is 11.6 Å². The summed E-state index contributed by atoms with van der Waals surface area (Å²) in [6.07, 6.45) is 5.06. The summed E-state index contributed by atoms with van der Waals surface area (Å²) < 4.78 is 29.5. The normalized spacial score (nSPS) is 14.0. The summed E-state index contributed by atoms with van der Waals surface area (Å²) in [6, 6.07) is 9.55. The fourth-order valence-electron chi connectivity index (χ4n) is 4.49. The third-order valence-corrected chi connectivity index (χ3v) is 8.24. The number of carbonyl (C=O) groups is 1. The molecule has 40 heavy (non-hydrogen) atoms. The summed E-state index contributed by atoms with van der Waals surface area (Å²) in [7, 11) is 0. The molecule has 6 rings (SSSR count). The minimum Gasteiger partial charge on any atom is -0.453 e.